The van der Waals surface area contributed by atoms with Crippen molar-refractivity contribution in [3.63, 3.8) is 0 Å². The third-order valence-electron chi connectivity index (χ3n) is 3.03. The van der Waals surface area contributed by atoms with Gasteiger partial charge in [0.1, 0.15) is 0 Å². The van der Waals surface area contributed by atoms with Gasteiger partial charge in [0.2, 0.25) is 0 Å². The SMILES string of the molecule is Cc1cccc(C(=O)OCC(=O)Nc2ccccc2Cl)c1N. The van der Waals surface area contributed by atoms with E-state index in [9.17, 15) is 9.59 Å². The number of halogens is 1. The van der Waals surface area contributed by atoms with Crippen LogP contribution in [-0.2, 0) is 9.53 Å². The lowest BCUT2D eigenvalue weighted by molar-refractivity contribution is -0.119. The number of para-hydroxylation sites is 2. The van der Waals surface area contributed by atoms with E-state index in [1.54, 1.807) is 49.4 Å². The van der Waals surface area contributed by atoms with E-state index in [0.29, 0.717) is 16.4 Å². The number of benzene rings is 2. The maximum absolute atomic E-state index is 11.9. The van der Waals surface area contributed by atoms with Crippen LogP contribution in [0.3, 0.4) is 0 Å². The van der Waals surface area contributed by atoms with Gasteiger partial charge in [-0.05, 0) is 30.7 Å². The lowest BCUT2D eigenvalue weighted by Crippen LogP contribution is -2.21. The molecule has 0 radical (unpaired) electrons. The number of ether oxygens (including phenoxy) is 1. The van der Waals surface area contributed by atoms with Gasteiger partial charge in [0.05, 0.1) is 16.3 Å². The number of nitrogens with two attached hydrogens (primary N) is 1. The number of nitrogen functional groups attached to an aromatic ring is 1. The Morgan fingerprint density at radius 3 is 2.64 bits per heavy atom. The Hall–Kier alpha value is -2.53. The summed E-state index contributed by atoms with van der Waals surface area (Å²) in [6.45, 7) is 1.37. The molecule has 0 aliphatic heterocycles. The summed E-state index contributed by atoms with van der Waals surface area (Å²) in [7, 11) is 0. The minimum Gasteiger partial charge on any atom is -0.452 e. The largest absolute Gasteiger partial charge is 0.452 e. The second-order valence-corrected chi connectivity index (χ2v) is 5.05. The van der Waals surface area contributed by atoms with Crippen molar-refractivity contribution in [2.75, 3.05) is 17.7 Å². The summed E-state index contributed by atoms with van der Waals surface area (Å²) in [5, 5.41) is 2.97. The molecule has 3 N–H and O–H groups in total. The standard InChI is InChI=1S/C16H15ClN2O3/c1-10-5-4-6-11(15(10)18)16(21)22-9-14(20)19-13-8-3-2-7-12(13)17/h2-8H,9,18H2,1H3,(H,19,20). The van der Waals surface area contributed by atoms with Crippen molar-refractivity contribution >= 4 is 34.9 Å². The Labute approximate surface area is 133 Å². The van der Waals surface area contributed by atoms with E-state index >= 15 is 0 Å². The number of carbonyl (C=O) groups excluding carboxylic acids is 2. The highest BCUT2D eigenvalue weighted by Gasteiger charge is 2.14. The number of aryl methyl sites for hydroxylation is 1. The Morgan fingerprint density at radius 1 is 1.18 bits per heavy atom. The van der Waals surface area contributed by atoms with Crippen LogP contribution in [-0.4, -0.2) is 18.5 Å². The molecule has 1 amide bonds. The van der Waals surface area contributed by atoms with Crippen LogP contribution in [0, 0.1) is 6.92 Å². The molecule has 0 aliphatic carbocycles. The molecule has 22 heavy (non-hydrogen) atoms. The minimum atomic E-state index is -0.643. The summed E-state index contributed by atoms with van der Waals surface area (Å²) < 4.78 is 4.96. The van der Waals surface area contributed by atoms with E-state index in [-0.39, 0.29) is 5.56 Å². The number of esters is 1. The van der Waals surface area contributed by atoms with Crippen molar-refractivity contribution in [1.82, 2.24) is 0 Å². The summed E-state index contributed by atoms with van der Waals surface area (Å²) in [5.74, 6) is -1.12. The van der Waals surface area contributed by atoms with Gasteiger partial charge in [-0.1, -0.05) is 35.9 Å². The quantitative estimate of drug-likeness (QED) is 0.670. The maximum atomic E-state index is 11.9. The number of amides is 1. The molecule has 0 heterocycles. The fourth-order valence-electron chi connectivity index (χ4n) is 1.82. The highest BCUT2D eigenvalue weighted by molar-refractivity contribution is 6.33. The van der Waals surface area contributed by atoms with Crippen LogP contribution in [0.2, 0.25) is 5.02 Å². The summed E-state index contributed by atoms with van der Waals surface area (Å²) >= 11 is 5.93. The second-order valence-electron chi connectivity index (χ2n) is 4.64. The van der Waals surface area contributed by atoms with Gasteiger partial charge in [-0.2, -0.15) is 0 Å². The molecule has 0 spiro atoms. The maximum Gasteiger partial charge on any atom is 0.340 e. The normalized spacial score (nSPS) is 10.1. The molecule has 2 aromatic rings. The highest BCUT2D eigenvalue weighted by atomic mass is 35.5. The smallest absolute Gasteiger partial charge is 0.340 e. The molecule has 2 rings (SSSR count). The molecule has 0 bridgehead atoms. The monoisotopic (exact) mass is 318 g/mol. The molecule has 0 saturated carbocycles. The topological polar surface area (TPSA) is 81.4 Å². The van der Waals surface area contributed by atoms with E-state index in [2.05, 4.69) is 5.32 Å². The van der Waals surface area contributed by atoms with Gasteiger partial charge in [-0.15, -0.1) is 0 Å². The molecule has 0 aromatic heterocycles. The van der Waals surface area contributed by atoms with Crippen molar-refractivity contribution in [2.45, 2.75) is 6.92 Å². The molecular weight excluding hydrogens is 304 g/mol. The summed E-state index contributed by atoms with van der Waals surface area (Å²) in [4.78, 5) is 23.7. The molecule has 114 valence electrons. The first-order valence-electron chi connectivity index (χ1n) is 6.55. The summed E-state index contributed by atoms with van der Waals surface area (Å²) in [6, 6.07) is 11.8. The lowest BCUT2D eigenvalue weighted by Gasteiger charge is -2.09. The average Bonchev–Trinajstić information content (AvgIpc) is 2.50. The van der Waals surface area contributed by atoms with E-state index in [1.807, 2.05) is 0 Å². The number of anilines is 2. The molecule has 0 atom stereocenters. The predicted molar refractivity (Wildman–Crippen MR) is 86.0 cm³/mol. The fourth-order valence-corrected chi connectivity index (χ4v) is 2.00. The lowest BCUT2D eigenvalue weighted by atomic mass is 10.1. The van der Waals surface area contributed by atoms with Crippen LogP contribution in [0.4, 0.5) is 11.4 Å². The van der Waals surface area contributed by atoms with Crippen LogP contribution in [0.25, 0.3) is 0 Å². The number of hydrogen-bond acceptors (Lipinski definition) is 4. The highest BCUT2D eigenvalue weighted by Crippen LogP contribution is 2.20. The van der Waals surface area contributed by atoms with Crippen LogP contribution >= 0.6 is 11.6 Å². The predicted octanol–water partition coefficient (Wildman–Crippen LogP) is 3.03. The van der Waals surface area contributed by atoms with E-state index in [4.69, 9.17) is 22.1 Å². The van der Waals surface area contributed by atoms with Crippen LogP contribution in [0.5, 0.6) is 0 Å². The number of hydrogen-bond donors (Lipinski definition) is 2. The first-order valence-corrected chi connectivity index (χ1v) is 6.93. The van der Waals surface area contributed by atoms with E-state index in [0.717, 1.165) is 5.56 Å². The van der Waals surface area contributed by atoms with Gasteiger partial charge in [-0.3, -0.25) is 4.79 Å². The second kappa shape index (κ2) is 6.95. The Balaban J connectivity index is 1.95. The molecule has 0 fully saturated rings. The zero-order valence-electron chi connectivity index (χ0n) is 11.9. The van der Waals surface area contributed by atoms with Crippen molar-refractivity contribution in [3.8, 4) is 0 Å². The van der Waals surface area contributed by atoms with Crippen molar-refractivity contribution < 1.29 is 14.3 Å². The number of rotatable bonds is 4. The van der Waals surface area contributed by atoms with Gasteiger partial charge in [0.15, 0.2) is 6.61 Å². The van der Waals surface area contributed by atoms with Crippen molar-refractivity contribution in [2.24, 2.45) is 0 Å². The summed E-state index contributed by atoms with van der Waals surface area (Å²) in [5.41, 5.74) is 7.63. The minimum absolute atomic E-state index is 0.241. The van der Waals surface area contributed by atoms with Crippen molar-refractivity contribution in [1.29, 1.82) is 0 Å². The zero-order valence-corrected chi connectivity index (χ0v) is 12.7. The van der Waals surface area contributed by atoms with E-state index in [1.165, 1.54) is 0 Å². The Kier molecular flexibility index (Phi) is 5.01. The van der Waals surface area contributed by atoms with Gasteiger partial charge in [0.25, 0.3) is 5.91 Å². The molecule has 6 heteroatoms. The van der Waals surface area contributed by atoms with Crippen LogP contribution < -0.4 is 11.1 Å². The summed E-state index contributed by atoms with van der Waals surface area (Å²) in [6.07, 6.45) is 0. The van der Waals surface area contributed by atoms with Gasteiger partial charge in [0, 0.05) is 5.69 Å². The average molecular weight is 319 g/mol. The van der Waals surface area contributed by atoms with Crippen LogP contribution in [0.15, 0.2) is 42.5 Å². The van der Waals surface area contributed by atoms with Gasteiger partial charge in [-0.25, -0.2) is 4.79 Å². The molecule has 0 saturated heterocycles. The molecule has 0 aliphatic rings. The van der Waals surface area contributed by atoms with Gasteiger partial charge >= 0.3 is 5.97 Å². The first kappa shape index (κ1) is 15.9. The molecule has 5 nitrogen and oxygen atoms in total. The molecule has 0 unspecified atom stereocenters. The molecule has 2 aromatic carbocycles. The van der Waals surface area contributed by atoms with Gasteiger partial charge < -0.3 is 15.8 Å². The third-order valence-corrected chi connectivity index (χ3v) is 3.36. The zero-order chi connectivity index (χ0) is 16.1. The first-order chi connectivity index (χ1) is 10.5. The fraction of sp³-hybridized carbons (Fsp3) is 0.125. The van der Waals surface area contributed by atoms with Crippen LogP contribution in [0.1, 0.15) is 15.9 Å². The van der Waals surface area contributed by atoms with Crippen molar-refractivity contribution in [3.05, 3.63) is 58.6 Å². The van der Waals surface area contributed by atoms with E-state index < -0.39 is 18.5 Å². The molecular formula is C16H15ClN2O3. The third kappa shape index (κ3) is 3.77. The Bertz CT molecular complexity index is 716. The number of nitrogens with one attached hydrogen (secondary N) is 1. The number of carbonyl (C=O) groups is 2. The Morgan fingerprint density at radius 2 is 1.91 bits per heavy atom.